The maximum Gasteiger partial charge on any atom is 0.237 e. The van der Waals surface area contributed by atoms with Crippen LogP contribution in [-0.4, -0.2) is 47.2 Å². The fourth-order valence-electron chi connectivity index (χ4n) is 5.72. The smallest absolute Gasteiger partial charge is 0.237 e. The number of nitrogens with one attached hydrogen (secondary N) is 1. The highest BCUT2D eigenvalue weighted by atomic mass is 16.2. The van der Waals surface area contributed by atoms with Crippen LogP contribution >= 0.6 is 0 Å². The minimum atomic E-state index is -0.767. The lowest BCUT2D eigenvalue weighted by Crippen LogP contribution is -2.43. The van der Waals surface area contributed by atoms with Crippen molar-refractivity contribution in [3.05, 3.63) is 65.7 Å². The molecule has 6 heteroatoms. The number of rotatable bonds is 5. The number of nitrogens with zero attached hydrogens (tertiary/aromatic N) is 2. The Labute approximate surface area is 188 Å². The van der Waals surface area contributed by atoms with Gasteiger partial charge in [-0.1, -0.05) is 48.5 Å². The molecule has 0 bridgehead atoms. The van der Waals surface area contributed by atoms with E-state index in [2.05, 4.69) is 5.32 Å². The van der Waals surface area contributed by atoms with Crippen LogP contribution in [0.5, 0.6) is 0 Å². The van der Waals surface area contributed by atoms with Gasteiger partial charge in [-0.15, -0.1) is 0 Å². The Morgan fingerprint density at radius 2 is 1.78 bits per heavy atom. The molecular formula is C26H29N3O3. The van der Waals surface area contributed by atoms with E-state index in [1.165, 1.54) is 0 Å². The molecule has 0 radical (unpaired) electrons. The highest BCUT2D eigenvalue weighted by Gasteiger charge is 2.59. The number of carbonyl (C=O) groups is 3. The van der Waals surface area contributed by atoms with E-state index >= 15 is 0 Å². The summed E-state index contributed by atoms with van der Waals surface area (Å²) in [6.07, 6.45) is 4.26. The van der Waals surface area contributed by atoms with Crippen molar-refractivity contribution in [2.75, 3.05) is 25.0 Å². The molecule has 32 heavy (non-hydrogen) atoms. The number of anilines is 1. The third kappa shape index (κ3) is 3.38. The quantitative estimate of drug-likeness (QED) is 0.786. The Balaban J connectivity index is 1.40. The van der Waals surface area contributed by atoms with Crippen LogP contribution in [0, 0.1) is 0 Å². The molecule has 3 amide bonds. The third-order valence-electron chi connectivity index (χ3n) is 7.26. The number of piperidine rings is 1. The standard InChI is InChI=1S/C26H29N3O3/c30-22-13-6-7-16-28(22)17-8-14-23(31)29-18-15-26(24(29)19-9-2-1-3-10-19)20-11-4-5-12-21(20)27-25(26)32/h1-5,9-12,24H,6-8,13-18H2,(H,27,32)/t24-,26+/m0/s1. The van der Waals surface area contributed by atoms with E-state index in [1.54, 1.807) is 0 Å². The largest absolute Gasteiger partial charge is 0.343 e. The number of likely N-dealkylation sites (tertiary alicyclic amines) is 2. The summed E-state index contributed by atoms with van der Waals surface area (Å²) in [5.74, 6) is 0.226. The number of para-hydroxylation sites is 1. The monoisotopic (exact) mass is 431 g/mol. The molecule has 2 aromatic rings. The summed E-state index contributed by atoms with van der Waals surface area (Å²) in [5, 5.41) is 3.06. The normalized spacial score (nSPS) is 24.7. The molecule has 5 rings (SSSR count). The van der Waals surface area contributed by atoms with Gasteiger partial charge in [0.15, 0.2) is 0 Å². The molecule has 3 aliphatic rings. The Bertz CT molecular complexity index is 1040. The predicted octanol–water partition coefficient (Wildman–Crippen LogP) is 3.64. The van der Waals surface area contributed by atoms with Gasteiger partial charge in [0, 0.05) is 38.2 Å². The minimum Gasteiger partial charge on any atom is -0.343 e. The Hall–Kier alpha value is -3.15. The van der Waals surface area contributed by atoms with Crippen LogP contribution in [0.3, 0.4) is 0 Å². The van der Waals surface area contributed by atoms with Crippen LogP contribution in [0.4, 0.5) is 5.69 Å². The first kappa shape index (κ1) is 20.7. The van der Waals surface area contributed by atoms with Crippen molar-refractivity contribution in [2.24, 2.45) is 0 Å². The number of fused-ring (bicyclic) bond motifs is 2. The highest BCUT2D eigenvalue weighted by Crippen LogP contribution is 2.54. The zero-order valence-corrected chi connectivity index (χ0v) is 18.3. The highest BCUT2D eigenvalue weighted by molar-refractivity contribution is 6.07. The van der Waals surface area contributed by atoms with Crippen LogP contribution in [0.2, 0.25) is 0 Å². The summed E-state index contributed by atoms with van der Waals surface area (Å²) in [4.78, 5) is 42.6. The van der Waals surface area contributed by atoms with Crippen molar-refractivity contribution in [3.63, 3.8) is 0 Å². The number of amides is 3. The van der Waals surface area contributed by atoms with E-state index in [0.717, 1.165) is 36.2 Å². The molecule has 166 valence electrons. The molecule has 2 aromatic carbocycles. The van der Waals surface area contributed by atoms with Gasteiger partial charge in [-0.05, 0) is 42.9 Å². The van der Waals surface area contributed by atoms with Crippen molar-refractivity contribution < 1.29 is 14.4 Å². The number of benzene rings is 2. The van der Waals surface area contributed by atoms with Crippen molar-refractivity contribution in [3.8, 4) is 0 Å². The predicted molar refractivity (Wildman–Crippen MR) is 122 cm³/mol. The maximum absolute atomic E-state index is 13.4. The van der Waals surface area contributed by atoms with E-state index in [9.17, 15) is 14.4 Å². The van der Waals surface area contributed by atoms with Gasteiger partial charge in [-0.3, -0.25) is 14.4 Å². The fourth-order valence-corrected chi connectivity index (χ4v) is 5.72. The van der Waals surface area contributed by atoms with Crippen LogP contribution in [0.15, 0.2) is 54.6 Å². The molecule has 0 aromatic heterocycles. The first-order valence-electron chi connectivity index (χ1n) is 11.6. The van der Waals surface area contributed by atoms with Crippen molar-refractivity contribution in [2.45, 2.75) is 50.0 Å². The van der Waals surface area contributed by atoms with E-state index in [4.69, 9.17) is 0 Å². The summed E-state index contributed by atoms with van der Waals surface area (Å²) in [5.41, 5.74) is 2.04. The van der Waals surface area contributed by atoms with Gasteiger partial charge < -0.3 is 15.1 Å². The van der Waals surface area contributed by atoms with Crippen LogP contribution in [0.25, 0.3) is 0 Å². The van der Waals surface area contributed by atoms with Gasteiger partial charge >= 0.3 is 0 Å². The summed E-state index contributed by atoms with van der Waals surface area (Å²) in [6, 6.07) is 17.4. The van der Waals surface area contributed by atoms with E-state index in [0.29, 0.717) is 38.8 Å². The number of hydrogen-bond acceptors (Lipinski definition) is 3. The summed E-state index contributed by atoms with van der Waals surface area (Å²) < 4.78 is 0. The fraction of sp³-hybridized carbons (Fsp3) is 0.423. The topological polar surface area (TPSA) is 69.7 Å². The van der Waals surface area contributed by atoms with Crippen LogP contribution in [-0.2, 0) is 19.8 Å². The SMILES string of the molecule is O=C1CCCCN1CCCC(=O)N1CC[C@]2(C(=O)Nc3ccccc32)[C@@H]1c1ccccc1. The second kappa shape index (κ2) is 8.41. The summed E-state index contributed by atoms with van der Waals surface area (Å²) in [7, 11) is 0. The lowest BCUT2D eigenvalue weighted by Gasteiger charge is -2.34. The van der Waals surface area contributed by atoms with Crippen molar-refractivity contribution in [1.82, 2.24) is 9.80 Å². The van der Waals surface area contributed by atoms with E-state index < -0.39 is 5.41 Å². The minimum absolute atomic E-state index is 0.0261. The second-order valence-electron chi connectivity index (χ2n) is 9.06. The molecule has 6 nitrogen and oxygen atoms in total. The van der Waals surface area contributed by atoms with Gasteiger partial charge in [0.25, 0.3) is 0 Å². The molecular weight excluding hydrogens is 402 g/mol. The maximum atomic E-state index is 13.4. The second-order valence-corrected chi connectivity index (χ2v) is 9.06. The van der Waals surface area contributed by atoms with Crippen molar-refractivity contribution >= 4 is 23.4 Å². The van der Waals surface area contributed by atoms with E-state index in [1.807, 2.05) is 64.4 Å². The molecule has 3 heterocycles. The molecule has 2 saturated heterocycles. The first-order chi connectivity index (χ1) is 15.6. The molecule has 2 fully saturated rings. The molecule has 0 saturated carbocycles. The molecule has 3 aliphatic heterocycles. The zero-order chi connectivity index (χ0) is 22.1. The van der Waals surface area contributed by atoms with Gasteiger partial charge in [0.05, 0.1) is 6.04 Å². The van der Waals surface area contributed by atoms with Crippen LogP contribution < -0.4 is 5.32 Å². The first-order valence-corrected chi connectivity index (χ1v) is 11.6. The lowest BCUT2D eigenvalue weighted by atomic mass is 9.72. The zero-order valence-electron chi connectivity index (χ0n) is 18.3. The van der Waals surface area contributed by atoms with E-state index in [-0.39, 0.29) is 23.8 Å². The Morgan fingerprint density at radius 1 is 1.00 bits per heavy atom. The Kier molecular flexibility index (Phi) is 5.45. The molecule has 1 spiro atoms. The average molecular weight is 432 g/mol. The number of hydrogen-bond donors (Lipinski definition) is 1. The Morgan fingerprint density at radius 3 is 2.59 bits per heavy atom. The third-order valence-corrected chi connectivity index (χ3v) is 7.26. The van der Waals surface area contributed by atoms with Gasteiger partial charge in [-0.2, -0.15) is 0 Å². The van der Waals surface area contributed by atoms with Crippen molar-refractivity contribution in [1.29, 1.82) is 0 Å². The lowest BCUT2D eigenvalue weighted by molar-refractivity contribution is -0.136. The van der Waals surface area contributed by atoms with Crippen LogP contribution in [0.1, 0.15) is 55.7 Å². The molecule has 2 atom stereocenters. The summed E-state index contributed by atoms with van der Waals surface area (Å²) >= 11 is 0. The van der Waals surface area contributed by atoms with Gasteiger partial charge in [0.2, 0.25) is 17.7 Å². The molecule has 0 unspecified atom stereocenters. The average Bonchev–Trinajstić information content (AvgIpc) is 3.35. The van der Waals surface area contributed by atoms with Gasteiger partial charge in [-0.25, -0.2) is 0 Å². The summed E-state index contributed by atoms with van der Waals surface area (Å²) in [6.45, 7) is 1.97. The molecule has 1 N–H and O–H groups in total. The number of carbonyl (C=O) groups excluding carboxylic acids is 3. The molecule has 0 aliphatic carbocycles. The van der Waals surface area contributed by atoms with Gasteiger partial charge in [0.1, 0.15) is 5.41 Å².